The van der Waals surface area contributed by atoms with Crippen LogP contribution in [0.4, 0.5) is 0 Å². The molecule has 1 aliphatic heterocycles. The van der Waals surface area contributed by atoms with Gasteiger partial charge >= 0.3 is 0 Å². The number of sulfonamides is 1. The van der Waals surface area contributed by atoms with E-state index in [1.165, 1.54) is 12.1 Å². The highest BCUT2D eigenvalue weighted by Crippen LogP contribution is 2.41. The molecule has 2 aromatic heterocycles. The number of thiophene rings is 1. The van der Waals surface area contributed by atoms with Gasteiger partial charge in [0.1, 0.15) is 17.4 Å². The van der Waals surface area contributed by atoms with Gasteiger partial charge < -0.3 is 13.9 Å². The van der Waals surface area contributed by atoms with Crippen LogP contribution in [0.2, 0.25) is 0 Å². The van der Waals surface area contributed by atoms with Crippen LogP contribution in [-0.4, -0.2) is 21.1 Å². The number of fused-ring (bicyclic) bond motifs is 2. The molecule has 1 aliphatic rings. The van der Waals surface area contributed by atoms with Gasteiger partial charge in [0, 0.05) is 22.8 Å². The first kappa shape index (κ1) is 19.2. The zero-order chi connectivity index (χ0) is 20.7. The summed E-state index contributed by atoms with van der Waals surface area (Å²) in [5, 5.41) is 8.32. The molecule has 5 rings (SSSR count). The maximum absolute atomic E-state index is 11.7. The van der Waals surface area contributed by atoms with Crippen molar-refractivity contribution in [2.24, 2.45) is 5.14 Å². The first-order valence-corrected chi connectivity index (χ1v) is 11.9. The largest absolute Gasteiger partial charge is 0.490 e. The predicted octanol–water partition coefficient (Wildman–Crippen LogP) is 4.50. The van der Waals surface area contributed by atoms with Gasteiger partial charge in [0.25, 0.3) is 0 Å². The van der Waals surface area contributed by atoms with Gasteiger partial charge in [-0.25, -0.2) is 13.6 Å². The maximum Gasteiger partial charge on any atom is 0.238 e. The molecule has 0 fully saturated rings. The van der Waals surface area contributed by atoms with Gasteiger partial charge in [0.2, 0.25) is 10.0 Å². The quantitative estimate of drug-likeness (QED) is 0.503. The van der Waals surface area contributed by atoms with Gasteiger partial charge in [0.15, 0.2) is 11.5 Å². The van der Waals surface area contributed by atoms with E-state index >= 15 is 0 Å². The number of primary sulfonamides is 1. The lowest BCUT2D eigenvalue weighted by atomic mass is 9.95. The summed E-state index contributed by atoms with van der Waals surface area (Å²) in [6.45, 7) is 0.383. The zero-order valence-corrected chi connectivity index (χ0v) is 17.5. The lowest BCUT2D eigenvalue weighted by molar-refractivity contribution is 0.166. The highest BCUT2D eigenvalue weighted by Gasteiger charge is 2.33. The number of para-hydroxylation sites is 1. The predicted molar refractivity (Wildman–Crippen MR) is 115 cm³/mol. The summed E-state index contributed by atoms with van der Waals surface area (Å²) in [7, 11) is -3.82. The first-order chi connectivity index (χ1) is 14.5. The van der Waals surface area contributed by atoms with Crippen molar-refractivity contribution in [1.82, 2.24) is 0 Å². The molecule has 6 nitrogen and oxygen atoms in total. The fourth-order valence-corrected chi connectivity index (χ4v) is 5.16. The smallest absolute Gasteiger partial charge is 0.238 e. The Hall–Kier alpha value is -2.81. The van der Waals surface area contributed by atoms with E-state index in [1.54, 1.807) is 17.4 Å². The van der Waals surface area contributed by atoms with Crippen molar-refractivity contribution >= 4 is 32.3 Å². The second kappa shape index (κ2) is 7.46. The van der Waals surface area contributed by atoms with Gasteiger partial charge in [-0.3, -0.25) is 0 Å². The monoisotopic (exact) mass is 441 g/mol. The van der Waals surface area contributed by atoms with E-state index in [0.717, 1.165) is 21.6 Å². The first-order valence-electron chi connectivity index (χ1n) is 9.47. The summed E-state index contributed by atoms with van der Waals surface area (Å²) in [4.78, 5) is 1.12. The SMILES string of the molecule is NS(=O)(=O)c1ccc2c(c1)OCCC([C@H](c1cc3ccccc3o1)c1cccs1)O2. The zero-order valence-electron chi connectivity index (χ0n) is 15.9. The minimum atomic E-state index is -3.82. The third-order valence-corrected chi connectivity index (χ3v) is 7.02. The van der Waals surface area contributed by atoms with Crippen molar-refractivity contribution in [1.29, 1.82) is 0 Å². The molecule has 2 aromatic carbocycles. The third kappa shape index (κ3) is 3.58. The van der Waals surface area contributed by atoms with Crippen LogP contribution in [0.5, 0.6) is 11.5 Å². The lowest BCUT2D eigenvalue weighted by Gasteiger charge is -2.24. The van der Waals surface area contributed by atoms with E-state index in [2.05, 4.69) is 12.1 Å². The molecule has 2 atom stereocenters. The Kier molecular flexibility index (Phi) is 4.77. The molecule has 154 valence electrons. The molecule has 4 aromatic rings. The molecular weight excluding hydrogens is 422 g/mol. The molecule has 2 N–H and O–H groups in total. The van der Waals surface area contributed by atoms with E-state index in [1.807, 2.05) is 35.7 Å². The fourth-order valence-electron chi connectivity index (χ4n) is 3.75. The average Bonchev–Trinajstić information content (AvgIpc) is 3.33. The summed E-state index contributed by atoms with van der Waals surface area (Å²) in [6, 6.07) is 18.5. The Morgan fingerprint density at radius 1 is 1.03 bits per heavy atom. The lowest BCUT2D eigenvalue weighted by Crippen LogP contribution is -2.26. The molecule has 3 heterocycles. The fraction of sp³-hybridized carbons (Fsp3) is 0.182. The maximum atomic E-state index is 11.7. The van der Waals surface area contributed by atoms with Gasteiger partial charge in [-0.2, -0.15) is 0 Å². The van der Waals surface area contributed by atoms with E-state index < -0.39 is 10.0 Å². The van der Waals surface area contributed by atoms with Crippen LogP contribution < -0.4 is 14.6 Å². The molecule has 0 saturated carbocycles. The highest BCUT2D eigenvalue weighted by molar-refractivity contribution is 7.89. The van der Waals surface area contributed by atoms with Crippen molar-refractivity contribution in [3.05, 3.63) is 76.7 Å². The Bertz CT molecular complexity index is 1260. The molecule has 1 unspecified atom stereocenters. The minimum absolute atomic E-state index is 0.00427. The summed E-state index contributed by atoms with van der Waals surface area (Å²) in [6.07, 6.45) is 0.365. The van der Waals surface area contributed by atoms with E-state index in [-0.39, 0.29) is 16.9 Å². The van der Waals surface area contributed by atoms with Crippen molar-refractivity contribution in [2.75, 3.05) is 6.61 Å². The van der Waals surface area contributed by atoms with Crippen LogP contribution in [0.15, 0.2) is 75.4 Å². The number of ether oxygens (including phenoxy) is 2. The van der Waals surface area contributed by atoms with Crippen LogP contribution >= 0.6 is 11.3 Å². The summed E-state index contributed by atoms with van der Waals surface area (Å²) >= 11 is 1.65. The number of rotatable bonds is 4. The van der Waals surface area contributed by atoms with Crippen molar-refractivity contribution in [3.8, 4) is 11.5 Å². The number of hydrogen-bond donors (Lipinski definition) is 1. The van der Waals surface area contributed by atoms with Crippen LogP contribution in [-0.2, 0) is 10.0 Å². The molecular formula is C22H19NO5S2. The Labute approximate surface area is 177 Å². The van der Waals surface area contributed by atoms with E-state index in [0.29, 0.717) is 24.5 Å². The number of benzene rings is 2. The van der Waals surface area contributed by atoms with Gasteiger partial charge in [-0.1, -0.05) is 24.3 Å². The summed E-state index contributed by atoms with van der Waals surface area (Å²) in [5.41, 5.74) is 0.831. The van der Waals surface area contributed by atoms with Gasteiger partial charge in [-0.05, 0) is 35.7 Å². The highest BCUT2D eigenvalue weighted by atomic mass is 32.2. The summed E-state index contributed by atoms with van der Waals surface area (Å²) in [5.74, 6) is 1.57. The standard InChI is InChI=1S/C22H19NO5S2/c23-30(24,25)15-7-8-17-19(13-15)26-10-9-18(28-17)22(21-6-3-11-29-21)20-12-14-4-1-2-5-16(14)27-20/h1-8,11-13,18,22H,9-10H2,(H2,23,24,25)/t18?,22-/m1/s1. The van der Waals surface area contributed by atoms with Crippen molar-refractivity contribution < 1.29 is 22.3 Å². The van der Waals surface area contributed by atoms with Gasteiger partial charge in [-0.15, -0.1) is 11.3 Å². The Morgan fingerprint density at radius 3 is 2.67 bits per heavy atom. The molecule has 0 saturated heterocycles. The molecule has 30 heavy (non-hydrogen) atoms. The molecule has 0 aliphatic carbocycles. The van der Waals surface area contributed by atoms with Crippen LogP contribution in [0, 0.1) is 0 Å². The summed E-state index contributed by atoms with van der Waals surface area (Å²) < 4.78 is 41.7. The van der Waals surface area contributed by atoms with Crippen molar-refractivity contribution in [2.45, 2.75) is 23.3 Å². The van der Waals surface area contributed by atoms with E-state index in [4.69, 9.17) is 19.0 Å². The normalized spacial score (nSPS) is 17.6. The van der Waals surface area contributed by atoms with Crippen molar-refractivity contribution in [3.63, 3.8) is 0 Å². The topological polar surface area (TPSA) is 91.8 Å². The average molecular weight is 442 g/mol. The Morgan fingerprint density at radius 2 is 1.90 bits per heavy atom. The van der Waals surface area contributed by atoms with E-state index in [9.17, 15) is 8.42 Å². The molecule has 8 heteroatoms. The molecule has 0 spiro atoms. The van der Waals surface area contributed by atoms with Gasteiger partial charge in [0.05, 0.1) is 17.4 Å². The Balaban J connectivity index is 1.55. The second-order valence-electron chi connectivity index (χ2n) is 7.13. The molecule has 0 radical (unpaired) electrons. The van der Waals surface area contributed by atoms with Crippen LogP contribution in [0.25, 0.3) is 11.0 Å². The van der Waals surface area contributed by atoms with Crippen LogP contribution in [0.1, 0.15) is 23.0 Å². The number of nitrogens with two attached hydrogens (primary N) is 1. The number of hydrogen-bond acceptors (Lipinski definition) is 6. The third-order valence-electron chi connectivity index (χ3n) is 5.15. The minimum Gasteiger partial charge on any atom is -0.490 e. The van der Waals surface area contributed by atoms with Crippen LogP contribution in [0.3, 0.4) is 0 Å². The molecule has 0 bridgehead atoms. The second-order valence-corrected chi connectivity index (χ2v) is 9.67. The molecule has 0 amide bonds. The number of furan rings is 1.